The van der Waals surface area contributed by atoms with Crippen molar-refractivity contribution in [2.75, 3.05) is 7.05 Å². The zero-order chi connectivity index (χ0) is 16.9. The molecule has 0 amide bonds. The first-order chi connectivity index (χ1) is 10.6. The van der Waals surface area contributed by atoms with E-state index in [1.165, 1.54) is 38.5 Å². The normalized spacial score (nSPS) is 50.2. The molecule has 0 saturated carbocycles. The average molecular weight is 355 g/mol. The van der Waals surface area contributed by atoms with E-state index in [0.29, 0.717) is 28.2 Å². The smallest absolute Gasteiger partial charge is 0.0173 e. The Labute approximate surface area is 157 Å². The summed E-state index contributed by atoms with van der Waals surface area (Å²) in [6, 6.07) is 1.15. The van der Waals surface area contributed by atoms with Crippen LogP contribution in [0.2, 0.25) is 0 Å². The van der Waals surface area contributed by atoms with Crippen LogP contribution in [0.25, 0.3) is 0 Å². The van der Waals surface area contributed by atoms with Crippen LogP contribution >= 0.6 is 0 Å². The average Bonchev–Trinajstić information content (AvgIpc) is 2.78. The van der Waals surface area contributed by atoms with Crippen molar-refractivity contribution in [1.29, 1.82) is 0 Å². The predicted octanol–water partition coefficient (Wildman–Crippen LogP) is 3.55. The first-order valence-corrected chi connectivity index (χ1v) is 9.58. The van der Waals surface area contributed by atoms with Crippen molar-refractivity contribution in [3.8, 4) is 0 Å². The Morgan fingerprint density at radius 2 is 1.04 bits per heavy atom. The summed E-state index contributed by atoms with van der Waals surface area (Å²) in [6.45, 7) is 9.33. The van der Waals surface area contributed by atoms with E-state index in [1.807, 2.05) is 0 Å². The molecule has 25 heavy (non-hydrogen) atoms. The topological polar surface area (TPSA) is 62.1 Å². The number of hydrogen-bond donors (Lipinski definition) is 4. The molecule has 5 N–H and O–H groups in total. The molecule has 0 aromatic rings. The van der Waals surface area contributed by atoms with E-state index in [0.717, 1.165) is 18.9 Å². The Morgan fingerprint density at radius 1 is 0.720 bits per heavy atom. The number of fused-ring (bicyclic) bond motifs is 4. The van der Waals surface area contributed by atoms with E-state index in [-0.39, 0.29) is 14.9 Å². The van der Waals surface area contributed by atoms with Crippen molar-refractivity contribution in [2.45, 2.75) is 128 Å². The highest BCUT2D eigenvalue weighted by molar-refractivity contribution is 5.10. The summed E-state index contributed by atoms with van der Waals surface area (Å²) >= 11 is 0. The summed E-state index contributed by atoms with van der Waals surface area (Å²) in [5.74, 6) is 0. The van der Waals surface area contributed by atoms with Gasteiger partial charge < -0.3 is 21.7 Å². The van der Waals surface area contributed by atoms with Crippen LogP contribution < -0.4 is 21.7 Å². The number of nitrogens with two attached hydrogens (primary N) is 1. The Kier molecular flexibility index (Phi) is 6.82. The molecular formula is C21H46N4. The van der Waals surface area contributed by atoms with Crippen molar-refractivity contribution < 1.29 is 0 Å². The lowest BCUT2D eigenvalue weighted by atomic mass is 9.85. The minimum absolute atomic E-state index is 0. The summed E-state index contributed by atoms with van der Waals surface area (Å²) < 4.78 is 0. The summed E-state index contributed by atoms with van der Waals surface area (Å²) in [6.07, 6.45) is 10.2. The van der Waals surface area contributed by atoms with E-state index in [1.54, 1.807) is 0 Å². The maximum atomic E-state index is 5.99. The molecule has 0 aliphatic carbocycles. The third-order valence-corrected chi connectivity index (χ3v) is 6.89. The Morgan fingerprint density at radius 3 is 1.36 bits per heavy atom. The molecule has 4 heteroatoms. The van der Waals surface area contributed by atoms with Crippen LogP contribution in [0.15, 0.2) is 0 Å². The predicted molar refractivity (Wildman–Crippen MR) is 111 cm³/mol. The SMILES string of the molecule is C.C.CNC1C[C@]2(C)CC[C@](C)(C1)N2.C[C@]12CC[C@](C)(CC(N)C1)N2. The number of hydrogen-bond acceptors (Lipinski definition) is 4. The standard InChI is InChI=1S/C10H20N2.C9H18N2.2CH4/c1-9-4-5-10(2,12-9)7-8(6-9)11-3;1-8-3-4-9(2,11-8)6-7(10)5-8;;/h8,11-12H,4-7H2,1-3H3;7,11H,3-6,10H2,1-2H3;2*1H4/t8?,9-,10+;7?,8-,9+;;. The highest BCUT2D eigenvalue weighted by Crippen LogP contribution is 2.42. The van der Waals surface area contributed by atoms with Gasteiger partial charge in [0.25, 0.3) is 0 Å². The van der Waals surface area contributed by atoms with Crippen molar-refractivity contribution in [2.24, 2.45) is 5.73 Å². The molecule has 6 atom stereocenters. The van der Waals surface area contributed by atoms with Crippen molar-refractivity contribution in [1.82, 2.24) is 16.0 Å². The van der Waals surface area contributed by atoms with Crippen LogP contribution in [0.5, 0.6) is 0 Å². The molecule has 4 aliphatic heterocycles. The number of rotatable bonds is 1. The Hall–Kier alpha value is -0.160. The maximum Gasteiger partial charge on any atom is 0.0173 e. The molecule has 4 saturated heterocycles. The van der Waals surface area contributed by atoms with Gasteiger partial charge in [-0.1, -0.05) is 14.9 Å². The van der Waals surface area contributed by atoms with Gasteiger partial charge in [0.05, 0.1) is 0 Å². The van der Waals surface area contributed by atoms with Crippen LogP contribution in [-0.2, 0) is 0 Å². The van der Waals surface area contributed by atoms with Crippen molar-refractivity contribution in [3.63, 3.8) is 0 Å². The van der Waals surface area contributed by atoms with Gasteiger partial charge in [0.1, 0.15) is 0 Å². The van der Waals surface area contributed by atoms with Crippen molar-refractivity contribution in [3.05, 3.63) is 0 Å². The fourth-order valence-electron chi connectivity index (χ4n) is 6.02. The summed E-state index contributed by atoms with van der Waals surface area (Å²) in [4.78, 5) is 0. The monoisotopic (exact) mass is 354 g/mol. The van der Waals surface area contributed by atoms with Crippen LogP contribution in [-0.4, -0.2) is 41.3 Å². The third-order valence-electron chi connectivity index (χ3n) is 6.89. The second-order valence-electron chi connectivity index (χ2n) is 10.1. The van der Waals surface area contributed by atoms with E-state index >= 15 is 0 Å². The summed E-state index contributed by atoms with van der Waals surface area (Å²) in [5.41, 5.74) is 7.53. The largest absolute Gasteiger partial charge is 0.328 e. The number of nitrogens with one attached hydrogen (secondary N) is 3. The highest BCUT2D eigenvalue weighted by atomic mass is 15.1. The van der Waals surface area contributed by atoms with Gasteiger partial charge in [-0.2, -0.15) is 0 Å². The lowest BCUT2D eigenvalue weighted by Gasteiger charge is -2.41. The first kappa shape index (κ1) is 22.9. The van der Waals surface area contributed by atoms with Gasteiger partial charge in [0, 0.05) is 34.2 Å². The maximum absolute atomic E-state index is 5.99. The fraction of sp³-hybridized carbons (Fsp3) is 1.00. The molecule has 4 aliphatic rings. The lowest BCUT2D eigenvalue weighted by molar-refractivity contribution is 0.195. The minimum Gasteiger partial charge on any atom is -0.328 e. The molecule has 0 aromatic carbocycles. The highest BCUT2D eigenvalue weighted by Gasteiger charge is 2.48. The molecule has 4 fully saturated rings. The van der Waals surface area contributed by atoms with E-state index in [2.05, 4.69) is 50.7 Å². The van der Waals surface area contributed by atoms with Crippen LogP contribution in [0.1, 0.15) is 93.9 Å². The molecule has 0 spiro atoms. The molecule has 4 bridgehead atoms. The molecule has 4 rings (SSSR count). The minimum atomic E-state index is 0. The molecule has 2 unspecified atom stereocenters. The summed E-state index contributed by atoms with van der Waals surface area (Å²) in [5, 5.41) is 10.9. The zero-order valence-electron chi connectivity index (χ0n) is 15.9. The fourth-order valence-corrected chi connectivity index (χ4v) is 6.02. The van der Waals surface area contributed by atoms with E-state index in [4.69, 9.17) is 5.73 Å². The van der Waals surface area contributed by atoms with Gasteiger partial charge >= 0.3 is 0 Å². The van der Waals surface area contributed by atoms with Gasteiger partial charge in [-0.15, -0.1) is 0 Å². The lowest BCUT2D eigenvalue weighted by Crippen LogP contribution is -2.57. The molecule has 0 radical (unpaired) electrons. The third kappa shape index (κ3) is 4.97. The Bertz CT molecular complexity index is 419. The van der Waals surface area contributed by atoms with Gasteiger partial charge in [-0.3, -0.25) is 0 Å². The molecule has 4 heterocycles. The van der Waals surface area contributed by atoms with E-state index < -0.39 is 0 Å². The number of piperidine rings is 2. The quantitative estimate of drug-likeness (QED) is 0.581. The zero-order valence-corrected chi connectivity index (χ0v) is 15.9. The van der Waals surface area contributed by atoms with Gasteiger partial charge in [0.15, 0.2) is 0 Å². The second kappa shape index (κ2) is 7.46. The van der Waals surface area contributed by atoms with Gasteiger partial charge in [-0.05, 0) is 86.1 Å². The first-order valence-electron chi connectivity index (χ1n) is 9.58. The second-order valence-corrected chi connectivity index (χ2v) is 10.1. The van der Waals surface area contributed by atoms with Gasteiger partial charge in [-0.25, -0.2) is 0 Å². The van der Waals surface area contributed by atoms with Gasteiger partial charge in [0.2, 0.25) is 0 Å². The van der Waals surface area contributed by atoms with Crippen LogP contribution in [0.4, 0.5) is 0 Å². The Balaban J connectivity index is 0.000000232. The van der Waals surface area contributed by atoms with E-state index in [9.17, 15) is 0 Å². The molecule has 150 valence electrons. The summed E-state index contributed by atoms with van der Waals surface area (Å²) in [7, 11) is 2.09. The van der Waals surface area contributed by atoms with Crippen LogP contribution in [0, 0.1) is 0 Å². The molecule has 0 aromatic heterocycles. The molecular weight excluding hydrogens is 308 g/mol. The van der Waals surface area contributed by atoms with Crippen molar-refractivity contribution >= 4 is 0 Å². The molecule has 4 nitrogen and oxygen atoms in total. The van der Waals surface area contributed by atoms with Crippen LogP contribution in [0.3, 0.4) is 0 Å².